The first-order valence-electron chi connectivity index (χ1n) is 6.34. The van der Waals surface area contributed by atoms with Gasteiger partial charge in [-0.15, -0.1) is 0 Å². The van der Waals surface area contributed by atoms with Gasteiger partial charge in [-0.1, -0.05) is 35.9 Å². The van der Waals surface area contributed by atoms with Crippen molar-refractivity contribution in [1.82, 2.24) is 0 Å². The smallest absolute Gasteiger partial charge is 0.269 e. The van der Waals surface area contributed by atoms with E-state index in [0.29, 0.717) is 27.0 Å². The standard InChI is InChI=1S/C15H9ClN2O4/c1-8-6-11(16)9-4-2-3-5-10(9)14(8)17-13(19)7-12(15(17)20)18(21)22/h2-7H,1H3. The summed E-state index contributed by atoms with van der Waals surface area (Å²) < 4.78 is 0. The van der Waals surface area contributed by atoms with Crippen LogP contribution >= 0.6 is 11.6 Å². The normalized spacial score (nSPS) is 14.6. The van der Waals surface area contributed by atoms with Gasteiger partial charge in [0, 0.05) is 15.8 Å². The molecule has 22 heavy (non-hydrogen) atoms. The molecule has 1 aliphatic rings. The van der Waals surface area contributed by atoms with Crippen LogP contribution < -0.4 is 4.90 Å². The third-order valence-corrected chi connectivity index (χ3v) is 3.79. The van der Waals surface area contributed by atoms with E-state index in [0.717, 1.165) is 11.0 Å². The number of carbonyl (C=O) groups excluding carboxylic acids is 2. The summed E-state index contributed by atoms with van der Waals surface area (Å²) in [5.41, 5.74) is 0.176. The Morgan fingerprint density at radius 3 is 2.41 bits per heavy atom. The van der Waals surface area contributed by atoms with Crippen molar-refractivity contribution < 1.29 is 14.5 Å². The number of fused-ring (bicyclic) bond motifs is 1. The molecule has 1 aliphatic heterocycles. The molecule has 0 bridgehead atoms. The van der Waals surface area contributed by atoms with Crippen LogP contribution in [0.25, 0.3) is 10.8 Å². The van der Waals surface area contributed by atoms with Crippen molar-refractivity contribution in [3.63, 3.8) is 0 Å². The number of benzene rings is 2. The summed E-state index contributed by atoms with van der Waals surface area (Å²) in [6.45, 7) is 1.69. The Balaban J connectivity index is 2.27. The molecule has 0 unspecified atom stereocenters. The van der Waals surface area contributed by atoms with Crippen LogP contribution in [0.4, 0.5) is 5.69 Å². The topological polar surface area (TPSA) is 80.5 Å². The van der Waals surface area contributed by atoms with Gasteiger partial charge in [-0.2, -0.15) is 0 Å². The average Bonchev–Trinajstić information content (AvgIpc) is 2.76. The van der Waals surface area contributed by atoms with Crippen molar-refractivity contribution in [2.75, 3.05) is 4.90 Å². The van der Waals surface area contributed by atoms with Crippen LogP contribution in [0, 0.1) is 17.0 Å². The first-order chi connectivity index (χ1) is 10.4. The van der Waals surface area contributed by atoms with Crippen molar-refractivity contribution in [3.05, 3.63) is 62.8 Å². The van der Waals surface area contributed by atoms with Crippen molar-refractivity contribution in [1.29, 1.82) is 0 Å². The number of aryl methyl sites for hydroxylation is 1. The van der Waals surface area contributed by atoms with Crippen molar-refractivity contribution >= 4 is 39.9 Å². The van der Waals surface area contributed by atoms with Crippen LogP contribution in [0.1, 0.15) is 5.56 Å². The highest BCUT2D eigenvalue weighted by Crippen LogP contribution is 2.37. The fraction of sp³-hybridized carbons (Fsp3) is 0.0667. The number of amides is 2. The van der Waals surface area contributed by atoms with Gasteiger partial charge in [0.1, 0.15) is 0 Å². The van der Waals surface area contributed by atoms with E-state index in [4.69, 9.17) is 11.6 Å². The zero-order chi connectivity index (χ0) is 16.0. The Morgan fingerprint density at radius 1 is 1.18 bits per heavy atom. The van der Waals surface area contributed by atoms with Crippen molar-refractivity contribution in [2.24, 2.45) is 0 Å². The van der Waals surface area contributed by atoms with Gasteiger partial charge in [-0.05, 0) is 18.6 Å². The molecule has 0 aromatic heterocycles. The molecule has 2 amide bonds. The average molecular weight is 317 g/mol. The van der Waals surface area contributed by atoms with Crippen molar-refractivity contribution in [2.45, 2.75) is 6.92 Å². The number of hydrogen-bond donors (Lipinski definition) is 0. The monoisotopic (exact) mass is 316 g/mol. The number of rotatable bonds is 2. The van der Waals surface area contributed by atoms with Gasteiger partial charge in [0.05, 0.1) is 16.7 Å². The Hall–Kier alpha value is -2.73. The zero-order valence-electron chi connectivity index (χ0n) is 11.4. The van der Waals surface area contributed by atoms with E-state index in [2.05, 4.69) is 0 Å². The van der Waals surface area contributed by atoms with Crippen LogP contribution in [0.5, 0.6) is 0 Å². The number of imide groups is 1. The maximum absolute atomic E-state index is 12.2. The van der Waals surface area contributed by atoms with E-state index in [-0.39, 0.29) is 0 Å². The third-order valence-electron chi connectivity index (χ3n) is 3.48. The summed E-state index contributed by atoms with van der Waals surface area (Å²) in [4.78, 5) is 35.1. The molecule has 0 atom stereocenters. The maximum Gasteiger partial charge on any atom is 0.340 e. The van der Waals surface area contributed by atoms with E-state index in [1.54, 1.807) is 37.3 Å². The molecule has 7 heteroatoms. The molecule has 2 aromatic rings. The van der Waals surface area contributed by atoms with Gasteiger partial charge < -0.3 is 0 Å². The lowest BCUT2D eigenvalue weighted by molar-refractivity contribution is -0.418. The molecule has 0 fully saturated rings. The Morgan fingerprint density at radius 2 is 1.82 bits per heavy atom. The molecule has 3 rings (SSSR count). The molecule has 0 spiro atoms. The molecule has 1 heterocycles. The van der Waals surface area contributed by atoms with Crippen LogP contribution in [-0.2, 0) is 9.59 Å². The van der Waals surface area contributed by atoms with E-state index in [1.165, 1.54) is 0 Å². The second kappa shape index (κ2) is 4.92. The summed E-state index contributed by atoms with van der Waals surface area (Å²) >= 11 is 6.18. The van der Waals surface area contributed by atoms with Crippen LogP contribution in [0.2, 0.25) is 5.02 Å². The van der Waals surface area contributed by atoms with Crippen LogP contribution in [-0.4, -0.2) is 16.7 Å². The number of carbonyl (C=O) groups is 2. The molecule has 6 nitrogen and oxygen atoms in total. The molecule has 2 aromatic carbocycles. The lowest BCUT2D eigenvalue weighted by Crippen LogP contribution is -2.32. The van der Waals surface area contributed by atoms with Gasteiger partial charge in [-0.3, -0.25) is 19.7 Å². The highest BCUT2D eigenvalue weighted by Gasteiger charge is 2.41. The minimum absolute atomic E-state index is 0.322. The predicted molar refractivity (Wildman–Crippen MR) is 81.3 cm³/mol. The first-order valence-corrected chi connectivity index (χ1v) is 6.72. The quantitative estimate of drug-likeness (QED) is 0.484. The molecule has 110 valence electrons. The summed E-state index contributed by atoms with van der Waals surface area (Å²) in [6.07, 6.45) is 0.741. The molecule has 0 N–H and O–H groups in total. The Labute approximate surface area is 129 Å². The van der Waals surface area contributed by atoms with Gasteiger partial charge in [0.15, 0.2) is 0 Å². The number of hydrogen-bond acceptors (Lipinski definition) is 4. The largest absolute Gasteiger partial charge is 0.340 e. The summed E-state index contributed by atoms with van der Waals surface area (Å²) in [7, 11) is 0. The fourth-order valence-corrected chi connectivity index (χ4v) is 2.87. The number of halogens is 1. The SMILES string of the molecule is Cc1cc(Cl)c2ccccc2c1N1C(=O)C=C([N+](=O)[O-])C1=O. The second-order valence-corrected chi connectivity index (χ2v) is 5.24. The van der Waals surface area contributed by atoms with Crippen LogP contribution in [0.15, 0.2) is 42.1 Å². The molecule has 0 radical (unpaired) electrons. The van der Waals surface area contributed by atoms with E-state index in [9.17, 15) is 19.7 Å². The lowest BCUT2D eigenvalue weighted by Gasteiger charge is -2.19. The highest BCUT2D eigenvalue weighted by atomic mass is 35.5. The van der Waals surface area contributed by atoms with E-state index in [1.807, 2.05) is 0 Å². The highest BCUT2D eigenvalue weighted by molar-refractivity contribution is 6.38. The molecule has 0 saturated heterocycles. The molecular formula is C15H9ClN2O4. The third kappa shape index (κ3) is 1.96. The second-order valence-electron chi connectivity index (χ2n) is 4.83. The number of anilines is 1. The molecular weight excluding hydrogens is 308 g/mol. The zero-order valence-corrected chi connectivity index (χ0v) is 12.1. The van der Waals surface area contributed by atoms with Gasteiger partial charge >= 0.3 is 11.6 Å². The lowest BCUT2D eigenvalue weighted by atomic mass is 10.0. The van der Waals surface area contributed by atoms with E-state index < -0.39 is 22.4 Å². The number of nitro groups is 1. The Bertz CT molecular complexity index is 888. The van der Waals surface area contributed by atoms with Gasteiger partial charge in [0.25, 0.3) is 5.91 Å². The summed E-state index contributed by atoms with van der Waals surface area (Å²) in [6, 6.07) is 8.63. The van der Waals surface area contributed by atoms with E-state index >= 15 is 0 Å². The minimum Gasteiger partial charge on any atom is -0.269 e. The summed E-state index contributed by atoms with van der Waals surface area (Å²) in [5, 5.41) is 12.6. The van der Waals surface area contributed by atoms with Crippen LogP contribution in [0.3, 0.4) is 0 Å². The number of nitrogens with zero attached hydrogens (tertiary/aromatic N) is 2. The summed E-state index contributed by atoms with van der Waals surface area (Å²) in [5.74, 6) is -1.67. The van der Waals surface area contributed by atoms with Gasteiger partial charge in [-0.25, -0.2) is 4.90 Å². The van der Waals surface area contributed by atoms with Gasteiger partial charge in [0.2, 0.25) is 0 Å². The Kier molecular flexibility index (Phi) is 3.18. The minimum atomic E-state index is -0.939. The molecule has 0 saturated carbocycles. The first kappa shape index (κ1) is 14.2. The van der Waals surface area contributed by atoms with Crippen molar-refractivity contribution in [3.8, 4) is 0 Å². The molecule has 0 aliphatic carbocycles. The maximum atomic E-state index is 12.2. The fourth-order valence-electron chi connectivity index (χ4n) is 2.54. The predicted octanol–water partition coefficient (Wildman–Crippen LogP) is 2.84.